The SMILES string of the molecule is O=Cc1ccnc(C2CNCCO2)c1. The molecule has 0 amide bonds. The molecule has 2 heterocycles. The number of carbonyl (C=O) groups is 1. The summed E-state index contributed by atoms with van der Waals surface area (Å²) in [5.41, 5.74) is 1.46. The van der Waals surface area contributed by atoms with Crippen LogP contribution in [-0.2, 0) is 4.74 Å². The van der Waals surface area contributed by atoms with Gasteiger partial charge < -0.3 is 10.1 Å². The quantitative estimate of drug-likeness (QED) is 0.695. The summed E-state index contributed by atoms with van der Waals surface area (Å²) in [7, 11) is 0. The Labute approximate surface area is 82.3 Å². The van der Waals surface area contributed by atoms with E-state index >= 15 is 0 Å². The Bertz CT molecular complexity index is 322. The molecule has 4 nitrogen and oxygen atoms in total. The predicted molar refractivity (Wildman–Crippen MR) is 51.2 cm³/mol. The van der Waals surface area contributed by atoms with Crippen LogP contribution in [0, 0.1) is 0 Å². The van der Waals surface area contributed by atoms with Crippen LogP contribution in [0.15, 0.2) is 18.3 Å². The molecular formula is C10H12N2O2. The molecule has 1 atom stereocenters. The first-order chi connectivity index (χ1) is 6.90. The molecule has 0 radical (unpaired) electrons. The molecular weight excluding hydrogens is 180 g/mol. The maximum atomic E-state index is 10.6. The van der Waals surface area contributed by atoms with E-state index in [-0.39, 0.29) is 6.10 Å². The summed E-state index contributed by atoms with van der Waals surface area (Å²) in [6.45, 7) is 2.33. The molecule has 1 unspecified atom stereocenters. The zero-order valence-corrected chi connectivity index (χ0v) is 7.77. The number of hydrogen-bond donors (Lipinski definition) is 1. The molecule has 1 aromatic rings. The Morgan fingerprint density at radius 1 is 1.64 bits per heavy atom. The highest BCUT2D eigenvalue weighted by atomic mass is 16.5. The van der Waals surface area contributed by atoms with Gasteiger partial charge in [0.25, 0.3) is 0 Å². The van der Waals surface area contributed by atoms with Crippen molar-refractivity contribution in [1.82, 2.24) is 10.3 Å². The van der Waals surface area contributed by atoms with Crippen molar-refractivity contribution in [2.75, 3.05) is 19.7 Å². The number of nitrogens with one attached hydrogen (secondary N) is 1. The second-order valence-electron chi connectivity index (χ2n) is 3.20. The highest BCUT2D eigenvalue weighted by molar-refractivity contribution is 5.74. The average molecular weight is 192 g/mol. The molecule has 1 aromatic heterocycles. The van der Waals surface area contributed by atoms with Gasteiger partial charge in [0.2, 0.25) is 0 Å². The lowest BCUT2D eigenvalue weighted by molar-refractivity contribution is 0.0250. The van der Waals surface area contributed by atoms with Crippen molar-refractivity contribution >= 4 is 6.29 Å². The molecule has 14 heavy (non-hydrogen) atoms. The number of rotatable bonds is 2. The highest BCUT2D eigenvalue weighted by Gasteiger charge is 2.16. The molecule has 0 bridgehead atoms. The summed E-state index contributed by atoms with van der Waals surface area (Å²) < 4.78 is 5.52. The maximum Gasteiger partial charge on any atom is 0.150 e. The molecule has 0 saturated carbocycles. The van der Waals surface area contributed by atoms with Gasteiger partial charge in [-0.05, 0) is 12.1 Å². The summed E-state index contributed by atoms with van der Waals surface area (Å²) in [4.78, 5) is 14.7. The molecule has 1 fully saturated rings. The van der Waals surface area contributed by atoms with E-state index in [1.165, 1.54) is 0 Å². The second-order valence-corrected chi connectivity index (χ2v) is 3.20. The number of morpholine rings is 1. The van der Waals surface area contributed by atoms with Gasteiger partial charge in [-0.3, -0.25) is 9.78 Å². The predicted octanol–water partition coefficient (Wildman–Crippen LogP) is 0.555. The van der Waals surface area contributed by atoms with Crippen molar-refractivity contribution in [3.63, 3.8) is 0 Å². The summed E-state index contributed by atoms with van der Waals surface area (Å²) >= 11 is 0. The zero-order valence-electron chi connectivity index (χ0n) is 7.77. The molecule has 1 saturated heterocycles. The van der Waals surface area contributed by atoms with Gasteiger partial charge in [0.05, 0.1) is 12.3 Å². The van der Waals surface area contributed by atoms with Crippen LogP contribution in [0.1, 0.15) is 22.2 Å². The van der Waals surface area contributed by atoms with Crippen molar-refractivity contribution < 1.29 is 9.53 Å². The lowest BCUT2D eigenvalue weighted by atomic mass is 10.1. The van der Waals surface area contributed by atoms with Gasteiger partial charge in [-0.15, -0.1) is 0 Å². The van der Waals surface area contributed by atoms with Crippen LogP contribution < -0.4 is 5.32 Å². The number of nitrogens with zero attached hydrogens (tertiary/aromatic N) is 1. The first-order valence-corrected chi connectivity index (χ1v) is 4.63. The van der Waals surface area contributed by atoms with E-state index in [9.17, 15) is 4.79 Å². The fourth-order valence-electron chi connectivity index (χ4n) is 1.47. The molecule has 0 aliphatic carbocycles. The normalized spacial score (nSPS) is 21.9. The third-order valence-electron chi connectivity index (χ3n) is 2.20. The summed E-state index contributed by atoms with van der Waals surface area (Å²) in [6, 6.07) is 3.46. The Balaban J connectivity index is 2.17. The number of pyridine rings is 1. The zero-order chi connectivity index (χ0) is 9.80. The van der Waals surface area contributed by atoms with Crippen LogP contribution in [0.5, 0.6) is 0 Å². The lowest BCUT2D eigenvalue weighted by Gasteiger charge is -2.23. The summed E-state index contributed by atoms with van der Waals surface area (Å²) in [6.07, 6.45) is 2.43. The molecule has 0 spiro atoms. The van der Waals surface area contributed by atoms with Gasteiger partial charge in [0, 0.05) is 24.8 Å². The van der Waals surface area contributed by atoms with Gasteiger partial charge in [0.1, 0.15) is 12.4 Å². The van der Waals surface area contributed by atoms with E-state index in [1.54, 1.807) is 18.3 Å². The third-order valence-corrected chi connectivity index (χ3v) is 2.20. The van der Waals surface area contributed by atoms with E-state index in [0.29, 0.717) is 12.2 Å². The Morgan fingerprint density at radius 3 is 3.29 bits per heavy atom. The van der Waals surface area contributed by atoms with Gasteiger partial charge in [-0.1, -0.05) is 0 Å². The minimum atomic E-state index is -0.0244. The molecule has 4 heteroatoms. The van der Waals surface area contributed by atoms with Crippen LogP contribution in [0.4, 0.5) is 0 Å². The standard InChI is InChI=1S/C10H12N2O2/c13-7-8-1-2-12-9(5-8)10-6-11-3-4-14-10/h1-2,5,7,10-11H,3-4,6H2. The fraction of sp³-hybridized carbons (Fsp3) is 0.400. The molecule has 1 aliphatic rings. The Morgan fingerprint density at radius 2 is 2.57 bits per heavy atom. The number of aldehydes is 1. The van der Waals surface area contributed by atoms with Crippen molar-refractivity contribution in [3.05, 3.63) is 29.6 Å². The van der Waals surface area contributed by atoms with Crippen molar-refractivity contribution in [2.24, 2.45) is 0 Å². The lowest BCUT2D eigenvalue weighted by Crippen LogP contribution is -2.33. The van der Waals surface area contributed by atoms with Gasteiger partial charge in [0.15, 0.2) is 0 Å². The number of aromatic nitrogens is 1. The highest BCUT2D eigenvalue weighted by Crippen LogP contribution is 2.16. The van der Waals surface area contributed by atoms with Crippen LogP contribution in [0.25, 0.3) is 0 Å². The Hall–Kier alpha value is -1.26. The minimum Gasteiger partial charge on any atom is -0.369 e. The Kier molecular flexibility index (Phi) is 2.86. The molecule has 74 valence electrons. The van der Waals surface area contributed by atoms with Crippen LogP contribution in [-0.4, -0.2) is 31.0 Å². The monoisotopic (exact) mass is 192 g/mol. The first kappa shape index (κ1) is 9.30. The fourth-order valence-corrected chi connectivity index (χ4v) is 1.47. The van der Waals surface area contributed by atoms with E-state index in [0.717, 1.165) is 25.1 Å². The second kappa shape index (κ2) is 4.30. The van der Waals surface area contributed by atoms with E-state index in [4.69, 9.17) is 4.74 Å². The molecule has 2 rings (SSSR count). The summed E-state index contributed by atoms with van der Waals surface area (Å²) in [5, 5.41) is 3.22. The van der Waals surface area contributed by atoms with E-state index in [2.05, 4.69) is 10.3 Å². The third kappa shape index (κ3) is 1.97. The average Bonchev–Trinajstić information content (AvgIpc) is 2.30. The first-order valence-electron chi connectivity index (χ1n) is 4.63. The minimum absolute atomic E-state index is 0.0244. The molecule has 0 aromatic carbocycles. The number of hydrogen-bond acceptors (Lipinski definition) is 4. The van der Waals surface area contributed by atoms with Gasteiger partial charge in [-0.2, -0.15) is 0 Å². The van der Waals surface area contributed by atoms with Crippen molar-refractivity contribution in [2.45, 2.75) is 6.10 Å². The smallest absolute Gasteiger partial charge is 0.150 e. The van der Waals surface area contributed by atoms with Gasteiger partial charge in [-0.25, -0.2) is 0 Å². The van der Waals surface area contributed by atoms with E-state index in [1.807, 2.05) is 0 Å². The largest absolute Gasteiger partial charge is 0.369 e. The van der Waals surface area contributed by atoms with Crippen LogP contribution in [0.3, 0.4) is 0 Å². The van der Waals surface area contributed by atoms with E-state index < -0.39 is 0 Å². The van der Waals surface area contributed by atoms with Crippen LogP contribution in [0.2, 0.25) is 0 Å². The van der Waals surface area contributed by atoms with Crippen molar-refractivity contribution in [3.8, 4) is 0 Å². The number of ether oxygens (including phenoxy) is 1. The van der Waals surface area contributed by atoms with Crippen molar-refractivity contribution in [1.29, 1.82) is 0 Å². The number of carbonyl (C=O) groups excluding carboxylic acids is 1. The molecule has 1 N–H and O–H groups in total. The molecule has 1 aliphatic heterocycles. The van der Waals surface area contributed by atoms with Gasteiger partial charge >= 0.3 is 0 Å². The topological polar surface area (TPSA) is 51.2 Å². The summed E-state index contributed by atoms with van der Waals surface area (Å²) in [5.74, 6) is 0. The maximum absolute atomic E-state index is 10.6. The van der Waals surface area contributed by atoms with Crippen LogP contribution >= 0.6 is 0 Å².